The number of aliphatic hydroxyl groups is 2. The predicted molar refractivity (Wildman–Crippen MR) is 190 cm³/mol. The van der Waals surface area contributed by atoms with Crippen LogP contribution < -0.4 is 20.3 Å². The Morgan fingerprint density at radius 2 is 1.85 bits per heavy atom. The van der Waals surface area contributed by atoms with E-state index in [1.54, 1.807) is 14.0 Å². The molecule has 10 heteroatoms. The summed E-state index contributed by atoms with van der Waals surface area (Å²) in [7, 11) is 9.46. The SMILES string of the molecule is COc1c(CN2C[C@H](O)[C@@H]([C@H](C)O)[C@H]2C(=O)N[C@H]2C[C@H]3C[C@@H]([C@@H]2C)C3(C)C)cccc1-c1cc(C(=O)NCCN(C)C)cc(N(C)C)c1. The van der Waals surface area contributed by atoms with E-state index in [4.69, 9.17) is 4.74 Å². The summed E-state index contributed by atoms with van der Waals surface area (Å²) in [5, 5.41) is 28.3. The molecule has 2 aromatic carbocycles. The Kier molecular flexibility index (Phi) is 10.8. The van der Waals surface area contributed by atoms with Gasteiger partial charge in [-0.2, -0.15) is 0 Å². The molecule has 1 aliphatic heterocycles. The topological polar surface area (TPSA) is 118 Å². The zero-order chi connectivity index (χ0) is 35.1. The lowest BCUT2D eigenvalue weighted by Crippen LogP contribution is -2.62. The van der Waals surface area contributed by atoms with E-state index in [2.05, 4.69) is 31.4 Å². The number of hydrogen-bond acceptors (Lipinski definition) is 8. The third kappa shape index (κ3) is 7.08. The molecule has 2 amide bonds. The van der Waals surface area contributed by atoms with Crippen LogP contribution in [0.4, 0.5) is 5.69 Å². The maximum absolute atomic E-state index is 14.1. The number of benzene rings is 2. The number of likely N-dealkylation sites (N-methyl/N-ethyl adjacent to an activating group) is 1. The molecule has 0 radical (unpaired) electrons. The van der Waals surface area contributed by atoms with Crippen LogP contribution in [0.1, 0.15) is 56.5 Å². The number of fused-ring (bicyclic) bond motifs is 2. The van der Waals surface area contributed by atoms with E-state index in [-0.39, 0.29) is 24.4 Å². The summed E-state index contributed by atoms with van der Waals surface area (Å²) in [6.07, 6.45) is 0.474. The van der Waals surface area contributed by atoms with E-state index in [1.165, 1.54) is 6.42 Å². The highest BCUT2D eigenvalue weighted by atomic mass is 16.5. The summed E-state index contributed by atoms with van der Waals surface area (Å²) in [5.41, 5.74) is 4.26. The van der Waals surface area contributed by atoms with Gasteiger partial charge in [-0.25, -0.2) is 0 Å². The Bertz CT molecular complexity index is 1480. The molecule has 1 saturated heterocycles. The first-order chi connectivity index (χ1) is 22.6. The largest absolute Gasteiger partial charge is 0.496 e. The number of anilines is 1. The molecule has 3 saturated carbocycles. The van der Waals surface area contributed by atoms with Crippen LogP contribution in [-0.4, -0.2) is 111 Å². The predicted octanol–water partition coefficient (Wildman–Crippen LogP) is 3.45. The molecule has 10 nitrogen and oxygen atoms in total. The smallest absolute Gasteiger partial charge is 0.251 e. The van der Waals surface area contributed by atoms with Gasteiger partial charge in [-0.3, -0.25) is 14.5 Å². The Labute approximate surface area is 286 Å². The molecule has 0 unspecified atom stereocenters. The first kappa shape index (κ1) is 36.1. The first-order valence-electron chi connectivity index (χ1n) is 17.5. The highest BCUT2D eigenvalue weighted by molar-refractivity contribution is 5.97. The van der Waals surface area contributed by atoms with Crippen molar-refractivity contribution in [2.75, 3.05) is 59.8 Å². The number of amides is 2. The number of likely N-dealkylation sites (tertiary alicyclic amines) is 1. The fraction of sp³-hybridized carbons (Fsp3) is 0.632. The number of carbonyl (C=O) groups excluding carboxylic acids is 2. The molecule has 0 spiro atoms. The van der Waals surface area contributed by atoms with E-state index >= 15 is 0 Å². The Morgan fingerprint density at radius 1 is 1.12 bits per heavy atom. The molecule has 48 heavy (non-hydrogen) atoms. The number of methoxy groups -OCH3 is 1. The Balaban J connectivity index is 1.42. The highest BCUT2D eigenvalue weighted by Crippen LogP contribution is 2.61. The minimum absolute atomic E-state index is 0.0830. The number of aliphatic hydroxyl groups excluding tert-OH is 2. The Morgan fingerprint density at radius 3 is 2.46 bits per heavy atom. The molecule has 4 fully saturated rings. The van der Waals surface area contributed by atoms with Crippen LogP contribution in [0.2, 0.25) is 0 Å². The number of rotatable bonds is 12. The third-order valence-corrected chi connectivity index (χ3v) is 11.7. The second kappa shape index (κ2) is 14.4. The van der Waals surface area contributed by atoms with E-state index in [9.17, 15) is 19.8 Å². The molecule has 2 bridgehead atoms. The van der Waals surface area contributed by atoms with Gasteiger partial charge in [0.25, 0.3) is 5.91 Å². The van der Waals surface area contributed by atoms with E-state index in [0.29, 0.717) is 47.6 Å². The number of β-amino-alcohol motifs (C(OH)–C–C–N with tert-alkyl or cyclic N) is 1. The maximum atomic E-state index is 14.1. The van der Waals surface area contributed by atoms with Crippen LogP contribution in [0.5, 0.6) is 5.75 Å². The van der Waals surface area contributed by atoms with Crippen LogP contribution in [0, 0.1) is 29.1 Å². The summed E-state index contributed by atoms with van der Waals surface area (Å²) in [6, 6.07) is 11.1. The second-order valence-electron chi connectivity index (χ2n) is 15.6. The van der Waals surface area contributed by atoms with Crippen molar-refractivity contribution in [3.8, 4) is 16.9 Å². The zero-order valence-corrected chi connectivity index (χ0v) is 30.3. The number of hydrogen-bond donors (Lipinski definition) is 4. The quantitative estimate of drug-likeness (QED) is 0.273. The number of para-hydroxylation sites is 1. The van der Waals surface area contributed by atoms with Gasteiger partial charge < -0.3 is 35.4 Å². The molecule has 3 aliphatic carbocycles. The average molecular weight is 664 g/mol. The first-order valence-corrected chi connectivity index (χ1v) is 17.5. The molecular weight excluding hydrogens is 606 g/mol. The van der Waals surface area contributed by atoms with Crippen LogP contribution >= 0.6 is 0 Å². The molecular formula is C38H57N5O5. The van der Waals surface area contributed by atoms with Gasteiger partial charge in [0.2, 0.25) is 5.91 Å². The molecule has 4 N–H and O–H groups in total. The molecule has 8 atom stereocenters. The van der Waals surface area contributed by atoms with Gasteiger partial charge in [0.15, 0.2) is 0 Å². The fourth-order valence-corrected chi connectivity index (χ4v) is 8.67. The summed E-state index contributed by atoms with van der Waals surface area (Å²) in [5.74, 6) is 1.31. The van der Waals surface area contributed by atoms with Crippen molar-refractivity contribution in [3.05, 3.63) is 47.5 Å². The standard InChI is InChI=1S/C38H57N5O5/c1-22-30-18-27(38(30,3)4)19-31(22)40-37(47)34-33(23(2)44)32(45)21-43(34)20-24-11-10-12-29(35(24)48-9)25-15-26(17-28(16-25)42(7)8)36(46)39-13-14-41(5)6/h10-12,15-17,22-23,27,30-34,44-45H,13-14,18-21H2,1-9H3,(H,39,46)(H,40,47)/t22-,23-,27+,30-,31-,32-,33+,34-/m0/s1. The second-order valence-corrected chi connectivity index (χ2v) is 15.6. The molecule has 2 aromatic rings. The van der Waals surface area contributed by atoms with Crippen molar-refractivity contribution >= 4 is 17.5 Å². The molecule has 264 valence electrons. The maximum Gasteiger partial charge on any atom is 0.251 e. The minimum atomic E-state index is -0.860. The van der Waals surface area contributed by atoms with Crippen molar-refractivity contribution < 1.29 is 24.5 Å². The van der Waals surface area contributed by atoms with Crippen molar-refractivity contribution in [2.45, 2.75) is 71.4 Å². The molecule has 1 heterocycles. The van der Waals surface area contributed by atoms with Crippen molar-refractivity contribution in [2.24, 2.45) is 29.1 Å². The van der Waals surface area contributed by atoms with Crippen LogP contribution in [0.25, 0.3) is 11.1 Å². The van der Waals surface area contributed by atoms with Gasteiger partial charge in [-0.05, 0) is 80.8 Å². The highest BCUT2D eigenvalue weighted by Gasteiger charge is 2.57. The van der Waals surface area contributed by atoms with Crippen LogP contribution in [0.15, 0.2) is 36.4 Å². The monoisotopic (exact) mass is 663 g/mol. The lowest BCUT2D eigenvalue weighted by molar-refractivity contribution is -0.139. The van der Waals surface area contributed by atoms with Gasteiger partial charge in [0.1, 0.15) is 5.75 Å². The number of nitrogens with one attached hydrogen (secondary N) is 2. The number of nitrogens with zero attached hydrogens (tertiary/aromatic N) is 3. The van der Waals surface area contributed by atoms with Crippen molar-refractivity contribution in [1.29, 1.82) is 0 Å². The van der Waals surface area contributed by atoms with Gasteiger partial charge in [0, 0.05) is 74.6 Å². The van der Waals surface area contributed by atoms with E-state index < -0.39 is 24.2 Å². The lowest BCUT2D eigenvalue weighted by atomic mass is 9.45. The Hall–Kier alpha value is -3.18. The molecule has 0 aromatic heterocycles. The van der Waals surface area contributed by atoms with Gasteiger partial charge >= 0.3 is 0 Å². The fourth-order valence-electron chi connectivity index (χ4n) is 8.67. The van der Waals surface area contributed by atoms with E-state index in [1.807, 2.05) is 79.3 Å². The van der Waals surface area contributed by atoms with Crippen molar-refractivity contribution in [3.63, 3.8) is 0 Å². The normalized spacial score (nSPS) is 28.5. The lowest BCUT2D eigenvalue weighted by Gasteiger charge is -2.62. The summed E-state index contributed by atoms with van der Waals surface area (Å²) in [4.78, 5) is 33.3. The average Bonchev–Trinajstić information content (AvgIpc) is 3.36. The van der Waals surface area contributed by atoms with Crippen LogP contribution in [-0.2, 0) is 11.3 Å². The summed E-state index contributed by atoms with van der Waals surface area (Å²) in [6.45, 7) is 10.5. The summed E-state index contributed by atoms with van der Waals surface area (Å²) >= 11 is 0. The van der Waals surface area contributed by atoms with Crippen molar-refractivity contribution in [1.82, 2.24) is 20.4 Å². The van der Waals surface area contributed by atoms with Crippen LogP contribution in [0.3, 0.4) is 0 Å². The number of ether oxygens (including phenoxy) is 1. The summed E-state index contributed by atoms with van der Waals surface area (Å²) < 4.78 is 6.04. The minimum Gasteiger partial charge on any atom is -0.496 e. The molecule has 6 rings (SSSR count). The number of carbonyl (C=O) groups is 2. The third-order valence-electron chi connectivity index (χ3n) is 11.7. The zero-order valence-electron chi connectivity index (χ0n) is 30.3. The van der Waals surface area contributed by atoms with Gasteiger partial charge in [-0.15, -0.1) is 0 Å². The van der Waals surface area contributed by atoms with E-state index in [0.717, 1.165) is 35.3 Å². The van der Waals surface area contributed by atoms with Gasteiger partial charge in [0.05, 0.1) is 25.4 Å². The van der Waals surface area contributed by atoms with Gasteiger partial charge in [-0.1, -0.05) is 39.0 Å². The molecule has 4 aliphatic rings.